The van der Waals surface area contributed by atoms with Crippen molar-refractivity contribution in [3.8, 4) is 11.5 Å². The minimum Gasteiger partial charge on any atom is -0.495 e. The molecule has 0 radical (unpaired) electrons. The van der Waals surface area contributed by atoms with E-state index in [0.717, 1.165) is 0 Å². The first-order chi connectivity index (χ1) is 11.1. The molecule has 2 aromatic carbocycles. The number of amides is 2. The third kappa shape index (κ3) is 3.07. The minimum atomic E-state index is -1.30. The highest BCUT2D eigenvalue weighted by atomic mass is 35.5. The van der Waals surface area contributed by atoms with Crippen LogP contribution in [0.1, 0.15) is 0 Å². The maximum Gasteiger partial charge on any atom is 0.275 e. The highest BCUT2D eigenvalue weighted by Crippen LogP contribution is 2.31. The molecule has 0 saturated heterocycles. The highest BCUT2D eigenvalue weighted by Gasteiger charge is 2.34. The van der Waals surface area contributed by atoms with Gasteiger partial charge in [0.1, 0.15) is 11.5 Å². The number of benzene rings is 2. The van der Waals surface area contributed by atoms with Crippen molar-refractivity contribution in [2.45, 2.75) is 6.10 Å². The number of para-hydroxylation sites is 2. The third-order valence-corrected chi connectivity index (χ3v) is 3.52. The molecule has 2 amide bonds. The summed E-state index contributed by atoms with van der Waals surface area (Å²) >= 11 is 5.92. The number of nitrogens with one attached hydrogen (secondary N) is 2. The molecule has 6 nitrogen and oxygen atoms in total. The van der Waals surface area contributed by atoms with Crippen LogP contribution < -0.4 is 20.1 Å². The zero-order valence-electron chi connectivity index (χ0n) is 12.1. The summed E-state index contributed by atoms with van der Waals surface area (Å²) in [6.07, 6.45) is -1.30. The molecule has 0 aliphatic carbocycles. The van der Waals surface area contributed by atoms with Crippen molar-refractivity contribution in [1.82, 2.24) is 0 Å². The Morgan fingerprint density at radius 2 is 2.09 bits per heavy atom. The molecule has 0 saturated carbocycles. The molecule has 1 aliphatic rings. The Bertz CT molecular complexity index is 778. The van der Waals surface area contributed by atoms with Gasteiger partial charge in [0, 0.05) is 5.02 Å². The van der Waals surface area contributed by atoms with Crippen molar-refractivity contribution in [3.05, 3.63) is 47.5 Å². The molecule has 1 aliphatic heterocycles. The molecular formula is C16H13ClN2O4. The van der Waals surface area contributed by atoms with Crippen LogP contribution >= 0.6 is 11.6 Å². The Morgan fingerprint density at radius 1 is 1.30 bits per heavy atom. The van der Waals surface area contributed by atoms with Crippen LogP contribution in [0.5, 0.6) is 11.5 Å². The van der Waals surface area contributed by atoms with Crippen LogP contribution in [0.4, 0.5) is 11.4 Å². The predicted octanol–water partition coefficient (Wildman–Crippen LogP) is 2.69. The number of halogens is 1. The van der Waals surface area contributed by atoms with Crippen molar-refractivity contribution in [3.63, 3.8) is 0 Å². The lowest BCUT2D eigenvalue weighted by molar-refractivity contribution is -0.133. The fraction of sp³-hybridized carbons (Fsp3) is 0.125. The van der Waals surface area contributed by atoms with Gasteiger partial charge in [0.15, 0.2) is 0 Å². The molecule has 118 valence electrons. The van der Waals surface area contributed by atoms with Gasteiger partial charge in [-0.2, -0.15) is 0 Å². The second-order valence-corrected chi connectivity index (χ2v) is 5.25. The minimum absolute atomic E-state index is 0.361. The number of hydrogen-bond acceptors (Lipinski definition) is 4. The fourth-order valence-electron chi connectivity index (χ4n) is 2.20. The summed E-state index contributed by atoms with van der Waals surface area (Å²) in [6, 6.07) is 11.7. The lowest BCUT2D eigenvalue weighted by Crippen LogP contribution is -2.45. The molecule has 0 unspecified atom stereocenters. The highest BCUT2D eigenvalue weighted by molar-refractivity contribution is 6.31. The van der Waals surface area contributed by atoms with Gasteiger partial charge >= 0.3 is 0 Å². The quantitative estimate of drug-likeness (QED) is 0.847. The van der Waals surface area contributed by atoms with Gasteiger partial charge in [-0.3, -0.25) is 9.59 Å². The second kappa shape index (κ2) is 6.18. The SMILES string of the molecule is COc1ccc(Cl)cc1NC(=O)[C@@H]1Oc2ccccc2NC1=O. The second-order valence-electron chi connectivity index (χ2n) is 4.82. The first-order valence-electron chi connectivity index (χ1n) is 6.79. The van der Waals surface area contributed by atoms with Gasteiger partial charge in [-0.15, -0.1) is 0 Å². The van der Waals surface area contributed by atoms with E-state index >= 15 is 0 Å². The summed E-state index contributed by atoms with van der Waals surface area (Å²) < 4.78 is 10.6. The van der Waals surface area contributed by atoms with Gasteiger partial charge < -0.3 is 20.1 Å². The number of fused-ring (bicyclic) bond motifs is 1. The van der Waals surface area contributed by atoms with E-state index in [1.54, 1.807) is 36.4 Å². The van der Waals surface area contributed by atoms with Crippen molar-refractivity contribution in [2.75, 3.05) is 17.7 Å². The van der Waals surface area contributed by atoms with Crippen molar-refractivity contribution < 1.29 is 19.1 Å². The van der Waals surface area contributed by atoms with E-state index in [1.165, 1.54) is 13.2 Å². The van der Waals surface area contributed by atoms with E-state index in [4.69, 9.17) is 21.1 Å². The Balaban J connectivity index is 1.82. The summed E-state index contributed by atoms with van der Waals surface area (Å²) in [7, 11) is 1.47. The average molecular weight is 333 g/mol. The van der Waals surface area contributed by atoms with Gasteiger partial charge in [-0.1, -0.05) is 23.7 Å². The average Bonchev–Trinajstić information content (AvgIpc) is 2.54. The smallest absolute Gasteiger partial charge is 0.275 e. The van der Waals surface area contributed by atoms with Crippen molar-refractivity contribution in [1.29, 1.82) is 0 Å². The number of carbonyl (C=O) groups excluding carboxylic acids is 2. The maximum absolute atomic E-state index is 12.4. The third-order valence-electron chi connectivity index (χ3n) is 3.29. The molecule has 2 N–H and O–H groups in total. The molecule has 23 heavy (non-hydrogen) atoms. The summed E-state index contributed by atoms with van der Waals surface area (Å²) in [5.41, 5.74) is 0.891. The lowest BCUT2D eigenvalue weighted by Gasteiger charge is -2.25. The monoisotopic (exact) mass is 332 g/mol. The molecule has 0 aromatic heterocycles. The lowest BCUT2D eigenvalue weighted by atomic mass is 10.2. The van der Waals surface area contributed by atoms with Crippen molar-refractivity contribution >= 4 is 34.8 Å². The summed E-state index contributed by atoms with van der Waals surface area (Å²) in [5.74, 6) is -0.288. The summed E-state index contributed by atoms with van der Waals surface area (Å²) in [6.45, 7) is 0. The molecule has 3 rings (SSSR count). The molecule has 0 spiro atoms. The van der Waals surface area contributed by atoms with E-state index in [-0.39, 0.29) is 0 Å². The van der Waals surface area contributed by atoms with Gasteiger partial charge in [-0.25, -0.2) is 0 Å². The van der Waals surface area contributed by atoms with Crippen LogP contribution in [0.3, 0.4) is 0 Å². The topological polar surface area (TPSA) is 76.7 Å². The molecule has 0 fully saturated rings. The van der Waals surface area contributed by atoms with E-state index in [2.05, 4.69) is 10.6 Å². The maximum atomic E-state index is 12.4. The first-order valence-corrected chi connectivity index (χ1v) is 7.17. The largest absolute Gasteiger partial charge is 0.495 e. The standard InChI is InChI=1S/C16H13ClN2O4/c1-22-12-7-6-9(17)8-11(12)19-16(21)14-15(20)18-10-4-2-3-5-13(10)23-14/h2-8,14H,1H3,(H,18,20)(H,19,21)/t14-/m1/s1. The zero-order valence-corrected chi connectivity index (χ0v) is 12.9. The predicted molar refractivity (Wildman–Crippen MR) is 86.1 cm³/mol. The molecule has 1 atom stereocenters. The normalized spacial score (nSPS) is 15.9. The van der Waals surface area contributed by atoms with Crippen LogP contribution in [0.15, 0.2) is 42.5 Å². The van der Waals surface area contributed by atoms with E-state index < -0.39 is 17.9 Å². The van der Waals surface area contributed by atoms with E-state index in [9.17, 15) is 9.59 Å². The number of ether oxygens (including phenoxy) is 2. The molecule has 7 heteroatoms. The van der Waals surface area contributed by atoms with Crippen LogP contribution in [-0.2, 0) is 9.59 Å². The Labute approximate surface area is 137 Å². The van der Waals surface area contributed by atoms with E-state index in [0.29, 0.717) is 27.9 Å². The number of anilines is 2. The Kier molecular flexibility index (Phi) is 4.08. The van der Waals surface area contributed by atoms with E-state index in [1.807, 2.05) is 0 Å². The van der Waals surface area contributed by atoms with Gasteiger partial charge in [-0.05, 0) is 30.3 Å². The molecule has 2 aromatic rings. The number of carbonyl (C=O) groups is 2. The van der Waals surface area contributed by atoms with Gasteiger partial charge in [0.2, 0.25) is 0 Å². The van der Waals surface area contributed by atoms with Gasteiger partial charge in [0.05, 0.1) is 18.5 Å². The summed E-state index contributed by atoms with van der Waals surface area (Å²) in [4.78, 5) is 24.4. The zero-order chi connectivity index (χ0) is 16.4. The number of methoxy groups -OCH3 is 1. The fourth-order valence-corrected chi connectivity index (χ4v) is 2.37. The first kappa shape index (κ1) is 15.2. The Morgan fingerprint density at radius 3 is 2.87 bits per heavy atom. The molecule has 0 bridgehead atoms. The Hall–Kier alpha value is -2.73. The molecular weight excluding hydrogens is 320 g/mol. The van der Waals surface area contributed by atoms with Crippen molar-refractivity contribution in [2.24, 2.45) is 0 Å². The van der Waals surface area contributed by atoms with Crippen LogP contribution in [0, 0.1) is 0 Å². The van der Waals surface area contributed by atoms with Crippen LogP contribution in [0.25, 0.3) is 0 Å². The number of hydrogen-bond donors (Lipinski definition) is 2. The van der Waals surface area contributed by atoms with Crippen LogP contribution in [0.2, 0.25) is 5.02 Å². The number of rotatable bonds is 3. The summed E-state index contributed by atoms with van der Waals surface area (Å²) in [5, 5.41) is 5.66. The van der Waals surface area contributed by atoms with Crippen LogP contribution in [-0.4, -0.2) is 25.0 Å². The van der Waals surface area contributed by atoms with Gasteiger partial charge in [0.25, 0.3) is 17.9 Å². The molecule has 1 heterocycles.